The highest BCUT2D eigenvalue weighted by molar-refractivity contribution is 7.92. The van der Waals surface area contributed by atoms with Crippen molar-refractivity contribution >= 4 is 49.1 Å². The quantitative estimate of drug-likeness (QED) is 0.218. The van der Waals surface area contributed by atoms with Crippen molar-refractivity contribution in [1.29, 1.82) is 0 Å². The van der Waals surface area contributed by atoms with Gasteiger partial charge in [0.25, 0.3) is 15.9 Å². The highest BCUT2D eigenvalue weighted by Crippen LogP contribution is 2.21. The third-order valence-corrected chi connectivity index (χ3v) is 8.21. The van der Waals surface area contributed by atoms with Crippen molar-refractivity contribution < 1.29 is 27.5 Å². The van der Waals surface area contributed by atoms with Crippen molar-refractivity contribution in [2.24, 2.45) is 4.99 Å². The van der Waals surface area contributed by atoms with E-state index < -0.39 is 21.9 Å². The second-order valence-electron chi connectivity index (χ2n) is 8.55. The maximum atomic E-state index is 13.1. The Kier molecular flexibility index (Phi) is 8.95. The van der Waals surface area contributed by atoms with Crippen LogP contribution in [0.3, 0.4) is 0 Å². The first-order chi connectivity index (χ1) is 18.7. The van der Waals surface area contributed by atoms with Crippen LogP contribution in [0.2, 0.25) is 0 Å². The predicted octanol–water partition coefficient (Wildman–Crippen LogP) is 4.77. The molecule has 3 aromatic carbocycles. The lowest BCUT2D eigenvalue weighted by atomic mass is 10.2. The van der Waals surface area contributed by atoms with Crippen molar-refractivity contribution in [1.82, 2.24) is 4.57 Å². The van der Waals surface area contributed by atoms with Gasteiger partial charge in [0.05, 0.1) is 33.9 Å². The summed E-state index contributed by atoms with van der Waals surface area (Å²) in [5.41, 5.74) is 2.82. The van der Waals surface area contributed by atoms with Crippen LogP contribution < -0.4 is 9.52 Å². The van der Waals surface area contributed by atoms with Gasteiger partial charge in [0.1, 0.15) is 0 Å². The number of nitrogens with zero attached hydrogens (tertiary/aromatic N) is 2. The van der Waals surface area contributed by atoms with Crippen LogP contribution in [0.5, 0.6) is 0 Å². The number of carbonyl (C=O) groups is 2. The zero-order valence-corrected chi connectivity index (χ0v) is 23.5. The number of aromatic nitrogens is 1. The van der Waals surface area contributed by atoms with E-state index in [1.807, 2.05) is 24.5 Å². The lowest BCUT2D eigenvalue weighted by Crippen LogP contribution is -2.19. The number of ether oxygens (including phenoxy) is 2. The molecule has 1 aromatic heterocycles. The summed E-state index contributed by atoms with van der Waals surface area (Å²) in [4.78, 5) is 30.2. The molecule has 204 valence electrons. The van der Waals surface area contributed by atoms with Gasteiger partial charge in [0, 0.05) is 24.4 Å². The van der Waals surface area contributed by atoms with Crippen molar-refractivity contribution in [3.63, 3.8) is 0 Å². The monoisotopic (exact) mass is 567 g/mol. The summed E-state index contributed by atoms with van der Waals surface area (Å²) in [6, 6.07) is 17.8. The molecule has 0 spiro atoms. The lowest BCUT2D eigenvalue weighted by molar-refractivity contribution is 0.0526. The van der Waals surface area contributed by atoms with E-state index in [0.29, 0.717) is 41.4 Å². The third-order valence-electron chi connectivity index (χ3n) is 5.77. The molecule has 9 nitrogen and oxygen atoms in total. The minimum Gasteiger partial charge on any atom is -0.462 e. The van der Waals surface area contributed by atoms with Gasteiger partial charge in [0.2, 0.25) is 0 Å². The van der Waals surface area contributed by atoms with E-state index in [9.17, 15) is 18.0 Å². The van der Waals surface area contributed by atoms with E-state index in [0.717, 1.165) is 15.8 Å². The molecule has 4 aromatic rings. The number of hydrogen-bond acceptors (Lipinski definition) is 7. The fraction of sp³-hybridized carbons (Fsp3) is 0.250. The van der Waals surface area contributed by atoms with Crippen molar-refractivity contribution in [2.75, 3.05) is 24.5 Å². The Labute approximate surface area is 230 Å². The topological polar surface area (TPSA) is 116 Å². The van der Waals surface area contributed by atoms with E-state index in [1.165, 1.54) is 47.7 Å². The molecule has 0 fully saturated rings. The smallest absolute Gasteiger partial charge is 0.338 e. The summed E-state index contributed by atoms with van der Waals surface area (Å²) < 4.78 is 41.1. The summed E-state index contributed by atoms with van der Waals surface area (Å²) in [5.74, 6) is -0.897. The number of thiazole rings is 1. The van der Waals surface area contributed by atoms with Gasteiger partial charge in [-0.05, 0) is 75.4 Å². The molecule has 1 N–H and O–H groups in total. The summed E-state index contributed by atoms with van der Waals surface area (Å²) in [7, 11) is -3.76. The van der Waals surface area contributed by atoms with Gasteiger partial charge in [0.15, 0.2) is 4.80 Å². The normalized spacial score (nSPS) is 12.0. The minimum atomic E-state index is -3.76. The number of sulfonamides is 1. The number of aryl methyl sites for hydroxylation is 1. The molecule has 0 aliphatic carbocycles. The van der Waals surface area contributed by atoms with Crippen LogP contribution in [-0.4, -0.2) is 44.7 Å². The molecular formula is C28H29N3O6S2. The highest BCUT2D eigenvalue weighted by atomic mass is 32.2. The standard InChI is InChI=1S/C28H29N3O6S2/c1-4-36-17-16-31-24-15-10-21(27(33)37-5-2)18-25(24)38-28(31)29-26(32)20-8-11-22(12-9-20)30-39(34,35)23-13-6-19(3)7-14-23/h6-15,18,30H,4-5,16-17H2,1-3H3. The van der Waals surface area contributed by atoms with Gasteiger partial charge in [-0.3, -0.25) is 9.52 Å². The summed E-state index contributed by atoms with van der Waals surface area (Å²) in [5, 5.41) is 0. The molecule has 1 heterocycles. The summed E-state index contributed by atoms with van der Waals surface area (Å²) >= 11 is 1.28. The zero-order valence-electron chi connectivity index (χ0n) is 21.8. The first kappa shape index (κ1) is 28.2. The van der Waals surface area contributed by atoms with Gasteiger partial charge in [-0.1, -0.05) is 29.0 Å². The number of fused-ring (bicyclic) bond motifs is 1. The Morgan fingerprint density at radius 1 is 0.949 bits per heavy atom. The van der Waals surface area contributed by atoms with Crippen LogP contribution in [0.1, 0.15) is 40.1 Å². The molecule has 1 amide bonds. The third kappa shape index (κ3) is 6.80. The van der Waals surface area contributed by atoms with E-state index in [-0.39, 0.29) is 11.5 Å². The second-order valence-corrected chi connectivity index (χ2v) is 11.2. The number of esters is 1. The molecule has 4 rings (SSSR count). The van der Waals surface area contributed by atoms with Crippen LogP contribution in [0.25, 0.3) is 10.2 Å². The zero-order chi connectivity index (χ0) is 28.0. The van der Waals surface area contributed by atoms with Crippen LogP contribution in [0, 0.1) is 6.92 Å². The van der Waals surface area contributed by atoms with E-state index in [4.69, 9.17) is 9.47 Å². The molecule has 0 bridgehead atoms. The first-order valence-electron chi connectivity index (χ1n) is 12.4. The largest absolute Gasteiger partial charge is 0.462 e. The molecule has 0 radical (unpaired) electrons. The molecule has 0 unspecified atom stereocenters. The average molecular weight is 568 g/mol. The SMILES string of the molecule is CCOCCn1c(=NC(=O)c2ccc(NS(=O)(=O)c3ccc(C)cc3)cc2)sc2cc(C(=O)OCC)ccc21. The number of anilines is 1. The molecule has 0 aliphatic rings. The van der Waals surface area contributed by atoms with Gasteiger partial charge in [-0.15, -0.1) is 0 Å². The Bertz CT molecular complexity index is 1650. The first-order valence-corrected chi connectivity index (χ1v) is 14.7. The molecule has 39 heavy (non-hydrogen) atoms. The molecule has 0 atom stereocenters. The molecule has 0 aliphatic heterocycles. The Hall–Kier alpha value is -3.80. The Balaban J connectivity index is 1.61. The average Bonchev–Trinajstić information content (AvgIpc) is 3.25. The number of carbonyl (C=O) groups excluding carboxylic acids is 2. The predicted molar refractivity (Wildman–Crippen MR) is 151 cm³/mol. The number of rotatable bonds is 10. The summed E-state index contributed by atoms with van der Waals surface area (Å²) in [6.07, 6.45) is 0. The molecule has 0 saturated heterocycles. The maximum absolute atomic E-state index is 13.1. The van der Waals surface area contributed by atoms with Crippen LogP contribution in [-0.2, 0) is 26.0 Å². The van der Waals surface area contributed by atoms with Crippen LogP contribution >= 0.6 is 11.3 Å². The van der Waals surface area contributed by atoms with Crippen molar-refractivity contribution in [3.05, 3.63) is 88.2 Å². The van der Waals surface area contributed by atoms with Crippen LogP contribution in [0.4, 0.5) is 5.69 Å². The second kappa shape index (κ2) is 12.4. The molecule has 11 heteroatoms. The number of hydrogen-bond donors (Lipinski definition) is 1. The van der Waals surface area contributed by atoms with Crippen molar-refractivity contribution in [2.45, 2.75) is 32.2 Å². The van der Waals surface area contributed by atoms with Gasteiger partial charge >= 0.3 is 5.97 Å². The maximum Gasteiger partial charge on any atom is 0.338 e. The number of amides is 1. The summed E-state index contributed by atoms with van der Waals surface area (Å²) in [6.45, 7) is 7.26. The lowest BCUT2D eigenvalue weighted by Gasteiger charge is -2.08. The van der Waals surface area contributed by atoms with Gasteiger partial charge in [-0.25, -0.2) is 13.2 Å². The van der Waals surface area contributed by atoms with Crippen molar-refractivity contribution in [3.8, 4) is 0 Å². The Morgan fingerprint density at radius 2 is 1.64 bits per heavy atom. The number of nitrogens with one attached hydrogen (secondary N) is 1. The number of benzene rings is 3. The van der Waals surface area contributed by atoms with E-state index in [1.54, 1.807) is 31.2 Å². The molecular weight excluding hydrogens is 538 g/mol. The van der Waals surface area contributed by atoms with Gasteiger partial charge < -0.3 is 14.0 Å². The Morgan fingerprint density at radius 3 is 2.31 bits per heavy atom. The molecule has 0 saturated carbocycles. The van der Waals surface area contributed by atoms with E-state index >= 15 is 0 Å². The van der Waals surface area contributed by atoms with Gasteiger partial charge in [-0.2, -0.15) is 4.99 Å². The van der Waals surface area contributed by atoms with E-state index in [2.05, 4.69) is 9.71 Å². The highest BCUT2D eigenvalue weighted by Gasteiger charge is 2.16. The fourth-order valence-corrected chi connectivity index (χ4v) is 5.93. The minimum absolute atomic E-state index is 0.149. The van der Waals surface area contributed by atoms with Crippen LogP contribution in [0.15, 0.2) is 76.6 Å². The fourth-order valence-electron chi connectivity index (χ4n) is 3.78.